The van der Waals surface area contributed by atoms with Gasteiger partial charge >= 0.3 is 12.3 Å². The minimum absolute atomic E-state index is 0.107. The fraction of sp³-hybridized carbons (Fsp3) is 0.435. The Bertz CT molecular complexity index is 941. The van der Waals surface area contributed by atoms with Gasteiger partial charge in [0.15, 0.2) is 0 Å². The molecule has 2 aromatic rings. The summed E-state index contributed by atoms with van der Waals surface area (Å²) in [7, 11) is 0. The van der Waals surface area contributed by atoms with Crippen molar-refractivity contribution in [2.24, 2.45) is 0 Å². The molecule has 5 nitrogen and oxygen atoms in total. The number of benzene rings is 2. The maximum Gasteiger partial charge on any atom is 0.416 e. The molecule has 0 aliphatic carbocycles. The standard InChI is InChI=1S/C23H24F4N2O3/c24-18-6-4-16(5-7-18)20(31-19-3-1-2-17(14-19)23(25,26)27)8-11-29-12-9-22(10-13-29)15-28-21(30)32-22/h1-7,14,20H,8-13,15H2,(H,28,30)/t20-/m0/s1. The van der Waals surface area contributed by atoms with Crippen LogP contribution in [0.3, 0.4) is 0 Å². The number of nitrogens with zero attached hydrogens (tertiary/aromatic N) is 1. The number of nitrogens with one attached hydrogen (secondary N) is 1. The third kappa shape index (κ3) is 5.32. The molecule has 0 aromatic heterocycles. The van der Waals surface area contributed by atoms with E-state index in [1.807, 2.05) is 0 Å². The third-order valence-electron chi connectivity index (χ3n) is 6.02. The Morgan fingerprint density at radius 3 is 2.47 bits per heavy atom. The van der Waals surface area contributed by atoms with E-state index in [2.05, 4.69) is 10.2 Å². The van der Waals surface area contributed by atoms with Gasteiger partial charge < -0.3 is 19.7 Å². The van der Waals surface area contributed by atoms with E-state index < -0.39 is 29.3 Å². The first-order chi connectivity index (χ1) is 15.2. The van der Waals surface area contributed by atoms with Gasteiger partial charge in [-0.25, -0.2) is 9.18 Å². The lowest BCUT2D eigenvalue weighted by atomic mass is 9.91. The second-order valence-corrected chi connectivity index (χ2v) is 8.24. The summed E-state index contributed by atoms with van der Waals surface area (Å²) in [5.41, 5.74) is -0.543. The predicted molar refractivity (Wildman–Crippen MR) is 109 cm³/mol. The fourth-order valence-corrected chi connectivity index (χ4v) is 4.15. The van der Waals surface area contributed by atoms with Gasteiger partial charge in [-0.05, 0) is 35.9 Å². The third-order valence-corrected chi connectivity index (χ3v) is 6.02. The number of piperidine rings is 1. The van der Waals surface area contributed by atoms with Crippen molar-refractivity contribution in [2.45, 2.75) is 37.1 Å². The molecule has 2 heterocycles. The molecule has 1 N–H and O–H groups in total. The van der Waals surface area contributed by atoms with Crippen molar-refractivity contribution < 1.29 is 31.8 Å². The molecule has 2 aliphatic heterocycles. The van der Waals surface area contributed by atoms with E-state index in [4.69, 9.17) is 9.47 Å². The second-order valence-electron chi connectivity index (χ2n) is 8.24. The van der Waals surface area contributed by atoms with Crippen molar-refractivity contribution in [2.75, 3.05) is 26.2 Å². The van der Waals surface area contributed by atoms with Gasteiger partial charge in [0.05, 0.1) is 12.1 Å². The van der Waals surface area contributed by atoms with Gasteiger partial charge in [0.25, 0.3) is 0 Å². The SMILES string of the molecule is O=C1NCC2(CCN(CC[C@H](Oc3cccc(C(F)(F)F)c3)c3ccc(F)cc3)CC2)O1. The molecule has 0 radical (unpaired) electrons. The fourth-order valence-electron chi connectivity index (χ4n) is 4.15. The van der Waals surface area contributed by atoms with Gasteiger partial charge in [-0.2, -0.15) is 13.2 Å². The van der Waals surface area contributed by atoms with E-state index in [1.165, 1.54) is 24.3 Å². The molecule has 0 saturated carbocycles. The highest BCUT2D eigenvalue weighted by Gasteiger charge is 2.42. The molecule has 2 aromatic carbocycles. The Labute approximate surface area is 183 Å². The Balaban J connectivity index is 1.43. The van der Waals surface area contributed by atoms with E-state index in [-0.39, 0.29) is 11.8 Å². The van der Waals surface area contributed by atoms with E-state index in [1.54, 1.807) is 12.1 Å². The van der Waals surface area contributed by atoms with Crippen LogP contribution in [0.4, 0.5) is 22.4 Å². The van der Waals surface area contributed by atoms with Crippen LogP contribution in [0, 0.1) is 5.82 Å². The first-order valence-electron chi connectivity index (χ1n) is 10.5. The van der Waals surface area contributed by atoms with Crippen LogP contribution in [0.1, 0.15) is 36.5 Å². The number of carbonyl (C=O) groups is 1. The lowest BCUT2D eigenvalue weighted by Gasteiger charge is -2.37. The molecule has 1 spiro atoms. The zero-order valence-electron chi connectivity index (χ0n) is 17.3. The molecule has 2 saturated heterocycles. The maximum absolute atomic E-state index is 13.4. The summed E-state index contributed by atoms with van der Waals surface area (Å²) in [6.07, 6.45) is -3.46. The summed E-state index contributed by atoms with van der Waals surface area (Å²) in [6, 6.07) is 10.5. The predicted octanol–water partition coefficient (Wildman–Crippen LogP) is 4.93. The van der Waals surface area contributed by atoms with Gasteiger partial charge in [-0.15, -0.1) is 0 Å². The Morgan fingerprint density at radius 1 is 1.12 bits per heavy atom. The molecule has 1 atom stereocenters. The topological polar surface area (TPSA) is 50.8 Å². The summed E-state index contributed by atoms with van der Waals surface area (Å²) in [5.74, 6) is -0.289. The number of hydrogen-bond donors (Lipinski definition) is 1. The van der Waals surface area contributed by atoms with Crippen LogP contribution in [0.2, 0.25) is 0 Å². The zero-order chi connectivity index (χ0) is 22.8. The molecule has 4 rings (SSSR count). The molecule has 172 valence electrons. The van der Waals surface area contributed by atoms with Gasteiger partial charge in [0, 0.05) is 38.9 Å². The van der Waals surface area contributed by atoms with Crippen molar-refractivity contribution in [3.05, 3.63) is 65.5 Å². The van der Waals surface area contributed by atoms with Crippen LogP contribution in [0.25, 0.3) is 0 Å². The molecule has 2 aliphatic rings. The highest BCUT2D eigenvalue weighted by molar-refractivity contribution is 5.70. The number of ether oxygens (including phenoxy) is 2. The lowest BCUT2D eigenvalue weighted by molar-refractivity contribution is -0.137. The Hall–Kier alpha value is -2.81. The number of halogens is 4. The first kappa shape index (κ1) is 22.4. The van der Waals surface area contributed by atoms with E-state index in [9.17, 15) is 22.4 Å². The van der Waals surface area contributed by atoms with E-state index in [0.717, 1.165) is 25.2 Å². The minimum Gasteiger partial charge on any atom is -0.486 e. The van der Waals surface area contributed by atoms with Crippen LogP contribution < -0.4 is 10.1 Å². The quantitative estimate of drug-likeness (QED) is 0.632. The molecule has 1 amide bonds. The monoisotopic (exact) mass is 452 g/mol. The average Bonchev–Trinajstić information content (AvgIpc) is 3.12. The molecular formula is C23H24F4N2O3. The minimum atomic E-state index is -4.47. The Kier molecular flexibility index (Phi) is 6.28. The first-order valence-corrected chi connectivity index (χ1v) is 10.5. The number of alkyl carbamates (subject to hydrolysis) is 1. The number of likely N-dealkylation sites (tertiary alicyclic amines) is 1. The number of rotatable bonds is 6. The molecule has 0 unspecified atom stereocenters. The van der Waals surface area contributed by atoms with Crippen molar-refractivity contribution in [3.63, 3.8) is 0 Å². The van der Waals surface area contributed by atoms with Crippen molar-refractivity contribution in [3.8, 4) is 5.75 Å². The summed E-state index contributed by atoms with van der Waals surface area (Å²) < 4.78 is 64.0. The lowest BCUT2D eigenvalue weighted by Crippen LogP contribution is -2.47. The Morgan fingerprint density at radius 2 is 1.84 bits per heavy atom. The molecule has 32 heavy (non-hydrogen) atoms. The number of hydrogen-bond acceptors (Lipinski definition) is 4. The van der Waals surface area contributed by atoms with Gasteiger partial charge in [0.2, 0.25) is 0 Å². The van der Waals surface area contributed by atoms with Crippen LogP contribution in [0.5, 0.6) is 5.75 Å². The van der Waals surface area contributed by atoms with Crippen molar-refractivity contribution >= 4 is 6.09 Å². The van der Waals surface area contributed by atoms with Gasteiger partial charge in [-0.1, -0.05) is 18.2 Å². The summed E-state index contributed by atoms with van der Waals surface area (Å²) >= 11 is 0. The van der Waals surface area contributed by atoms with E-state index in [0.29, 0.717) is 37.9 Å². The number of carbonyl (C=O) groups excluding carboxylic acids is 1. The van der Waals surface area contributed by atoms with Crippen LogP contribution >= 0.6 is 0 Å². The highest BCUT2D eigenvalue weighted by Crippen LogP contribution is 2.34. The largest absolute Gasteiger partial charge is 0.486 e. The molecule has 2 fully saturated rings. The van der Waals surface area contributed by atoms with Crippen LogP contribution in [-0.4, -0.2) is 42.8 Å². The maximum atomic E-state index is 13.4. The van der Waals surface area contributed by atoms with Gasteiger partial charge in [-0.3, -0.25) is 0 Å². The number of alkyl halides is 3. The highest BCUT2D eigenvalue weighted by atomic mass is 19.4. The summed E-state index contributed by atoms with van der Waals surface area (Å²) in [4.78, 5) is 13.6. The molecular weight excluding hydrogens is 428 g/mol. The average molecular weight is 452 g/mol. The van der Waals surface area contributed by atoms with Crippen molar-refractivity contribution in [1.29, 1.82) is 0 Å². The zero-order valence-corrected chi connectivity index (χ0v) is 17.3. The normalized spacial score (nSPS) is 19.4. The van der Waals surface area contributed by atoms with Gasteiger partial charge in [0.1, 0.15) is 23.3 Å². The van der Waals surface area contributed by atoms with Crippen molar-refractivity contribution in [1.82, 2.24) is 10.2 Å². The summed E-state index contributed by atoms with van der Waals surface area (Å²) in [5, 5.41) is 2.70. The van der Waals surface area contributed by atoms with Crippen LogP contribution in [-0.2, 0) is 10.9 Å². The van der Waals surface area contributed by atoms with Crippen LogP contribution in [0.15, 0.2) is 48.5 Å². The number of amides is 1. The molecule has 0 bridgehead atoms. The smallest absolute Gasteiger partial charge is 0.416 e. The molecule has 9 heteroatoms. The van der Waals surface area contributed by atoms with E-state index >= 15 is 0 Å². The second kappa shape index (κ2) is 8.97. The summed E-state index contributed by atoms with van der Waals surface area (Å²) in [6.45, 7) is 2.61.